The number of carbonyl (C=O) groups is 2. The molecule has 9 heteroatoms. The summed E-state index contributed by atoms with van der Waals surface area (Å²) in [5, 5.41) is 12.4. The van der Waals surface area contributed by atoms with E-state index < -0.39 is 0 Å². The van der Waals surface area contributed by atoms with E-state index in [2.05, 4.69) is 22.1 Å². The summed E-state index contributed by atoms with van der Waals surface area (Å²) in [4.78, 5) is 27.1. The maximum Gasteiger partial charge on any atom is 0.251 e. The summed E-state index contributed by atoms with van der Waals surface area (Å²) in [6, 6.07) is 8.77. The number of benzene rings is 1. The molecule has 3 rings (SSSR count). The number of amides is 2. The Labute approximate surface area is 187 Å². The molecule has 1 aromatic carbocycles. The Kier molecular flexibility index (Phi) is 8.25. The quantitative estimate of drug-likeness (QED) is 0.473. The van der Waals surface area contributed by atoms with Gasteiger partial charge < -0.3 is 19.5 Å². The molecule has 1 aliphatic rings. The number of carbonyl (C=O) groups excluding carboxylic acids is 2. The molecule has 1 unspecified atom stereocenters. The van der Waals surface area contributed by atoms with Gasteiger partial charge in [-0.1, -0.05) is 49.9 Å². The van der Waals surface area contributed by atoms with Gasteiger partial charge >= 0.3 is 0 Å². The van der Waals surface area contributed by atoms with Crippen molar-refractivity contribution in [3.8, 4) is 0 Å². The maximum atomic E-state index is 12.7. The predicted molar refractivity (Wildman–Crippen MR) is 120 cm³/mol. The summed E-state index contributed by atoms with van der Waals surface area (Å²) in [7, 11) is 0. The third-order valence-corrected chi connectivity index (χ3v) is 5.96. The molecule has 1 N–H and O–H groups in total. The van der Waals surface area contributed by atoms with E-state index in [0.29, 0.717) is 49.4 Å². The lowest BCUT2D eigenvalue weighted by atomic mass is 10.0. The van der Waals surface area contributed by atoms with E-state index in [1.54, 1.807) is 18.2 Å². The van der Waals surface area contributed by atoms with E-state index in [9.17, 15) is 9.59 Å². The molecular formula is C22H29N5O3S. The van der Waals surface area contributed by atoms with Gasteiger partial charge in [0.25, 0.3) is 5.91 Å². The Bertz CT molecular complexity index is 894. The van der Waals surface area contributed by atoms with Crippen molar-refractivity contribution in [1.29, 1.82) is 0 Å². The van der Waals surface area contributed by atoms with Gasteiger partial charge in [0.2, 0.25) is 5.91 Å². The van der Waals surface area contributed by atoms with Crippen LogP contribution in [0.3, 0.4) is 0 Å². The van der Waals surface area contributed by atoms with Gasteiger partial charge in [0.05, 0.1) is 25.0 Å². The summed E-state index contributed by atoms with van der Waals surface area (Å²) < 4.78 is 7.22. The molecular weight excluding hydrogens is 414 g/mol. The summed E-state index contributed by atoms with van der Waals surface area (Å²) in [6.07, 6.45) is 1.76. The molecule has 2 heterocycles. The number of allylic oxidation sites excluding steroid dienone is 1. The van der Waals surface area contributed by atoms with Gasteiger partial charge in [0, 0.05) is 25.2 Å². The van der Waals surface area contributed by atoms with Crippen LogP contribution in [0.4, 0.5) is 0 Å². The number of rotatable bonds is 9. The van der Waals surface area contributed by atoms with Crippen LogP contribution in [-0.4, -0.2) is 63.5 Å². The molecule has 1 aliphatic heterocycles. The van der Waals surface area contributed by atoms with Gasteiger partial charge in [-0.25, -0.2) is 0 Å². The fourth-order valence-electron chi connectivity index (χ4n) is 3.31. The van der Waals surface area contributed by atoms with Crippen molar-refractivity contribution in [2.24, 2.45) is 5.92 Å². The summed E-state index contributed by atoms with van der Waals surface area (Å²) >= 11 is 1.35. The second-order valence-electron chi connectivity index (χ2n) is 7.58. The Morgan fingerprint density at radius 3 is 2.58 bits per heavy atom. The van der Waals surface area contributed by atoms with Gasteiger partial charge in [-0.2, -0.15) is 0 Å². The SMILES string of the molecule is C=CCn1c(SCC(=O)N2CCOCC2)nnc1C(NC(=O)c1ccccc1)C(C)C. The number of morpholine rings is 1. The zero-order valence-corrected chi connectivity index (χ0v) is 18.8. The smallest absolute Gasteiger partial charge is 0.251 e. The zero-order valence-electron chi connectivity index (χ0n) is 18.0. The van der Waals surface area contributed by atoms with E-state index >= 15 is 0 Å². The highest BCUT2D eigenvalue weighted by molar-refractivity contribution is 7.99. The van der Waals surface area contributed by atoms with Gasteiger partial charge in [0.1, 0.15) is 0 Å². The number of hydrogen-bond donors (Lipinski definition) is 1. The van der Waals surface area contributed by atoms with Crippen molar-refractivity contribution in [2.45, 2.75) is 31.6 Å². The lowest BCUT2D eigenvalue weighted by Gasteiger charge is -2.26. The number of nitrogens with zero attached hydrogens (tertiary/aromatic N) is 4. The average Bonchev–Trinajstić information content (AvgIpc) is 3.19. The van der Waals surface area contributed by atoms with E-state index in [1.807, 2.05) is 41.5 Å². The molecule has 31 heavy (non-hydrogen) atoms. The zero-order chi connectivity index (χ0) is 22.2. The fraction of sp³-hybridized carbons (Fsp3) is 0.455. The Morgan fingerprint density at radius 1 is 1.23 bits per heavy atom. The molecule has 1 atom stereocenters. The number of thioether (sulfide) groups is 1. The van der Waals surface area contributed by atoms with Crippen LogP contribution in [0.25, 0.3) is 0 Å². The monoisotopic (exact) mass is 443 g/mol. The van der Waals surface area contributed by atoms with Gasteiger partial charge in [0.15, 0.2) is 11.0 Å². The highest BCUT2D eigenvalue weighted by Gasteiger charge is 2.27. The van der Waals surface area contributed by atoms with Crippen molar-refractivity contribution in [1.82, 2.24) is 25.0 Å². The van der Waals surface area contributed by atoms with Crippen LogP contribution >= 0.6 is 11.8 Å². The van der Waals surface area contributed by atoms with Crippen molar-refractivity contribution < 1.29 is 14.3 Å². The second-order valence-corrected chi connectivity index (χ2v) is 8.53. The molecule has 1 fully saturated rings. The van der Waals surface area contributed by atoms with E-state index in [0.717, 1.165) is 0 Å². The largest absolute Gasteiger partial charge is 0.378 e. The highest BCUT2D eigenvalue weighted by Crippen LogP contribution is 2.26. The minimum Gasteiger partial charge on any atom is -0.378 e. The van der Waals surface area contributed by atoms with Crippen LogP contribution in [0.1, 0.15) is 36.1 Å². The van der Waals surface area contributed by atoms with Crippen molar-refractivity contribution in [2.75, 3.05) is 32.1 Å². The van der Waals surface area contributed by atoms with Crippen molar-refractivity contribution >= 4 is 23.6 Å². The van der Waals surface area contributed by atoms with Gasteiger partial charge in [-0.05, 0) is 18.1 Å². The van der Waals surface area contributed by atoms with Gasteiger partial charge in [-0.3, -0.25) is 9.59 Å². The standard InChI is InChI=1S/C22H29N5O3S/c1-4-10-27-20(19(16(2)3)23-21(29)17-8-6-5-7-9-17)24-25-22(27)31-15-18(28)26-11-13-30-14-12-26/h4-9,16,19H,1,10-15H2,2-3H3,(H,23,29). The van der Waals surface area contributed by atoms with Gasteiger partial charge in [-0.15, -0.1) is 16.8 Å². The molecule has 1 saturated heterocycles. The van der Waals surface area contributed by atoms with Crippen LogP contribution < -0.4 is 5.32 Å². The number of nitrogens with one attached hydrogen (secondary N) is 1. The number of ether oxygens (including phenoxy) is 1. The van der Waals surface area contributed by atoms with Crippen molar-refractivity contribution in [3.05, 3.63) is 54.4 Å². The Balaban J connectivity index is 1.75. The van der Waals surface area contributed by atoms with Crippen LogP contribution in [-0.2, 0) is 16.1 Å². The first-order chi connectivity index (χ1) is 15.0. The Morgan fingerprint density at radius 2 is 1.94 bits per heavy atom. The third kappa shape index (κ3) is 5.95. The third-order valence-electron chi connectivity index (χ3n) is 5.01. The van der Waals surface area contributed by atoms with E-state index in [4.69, 9.17) is 4.74 Å². The molecule has 0 radical (unpaired) electrons. The molecule has 0 spiro atoms. The molecule has 166 valence electrons. The molecule has 0 saturated carbocycles. The number of hydrogen-bond acceptors (Lipinski definition) is 6. The fourth-order valence-corrected chi connectivity index (χ4v) is 4.17. The molecule has 0 bridgehead atoms. The first-order valence-electron chi connectivity index (χ1n) is 10.4. The second kappa shape index (κ2) is 11.1. The molecule has 1 aromatic heterocycles. The lowest BCUT2D eigenvalue weighted by Crippen LogP contribution is -2.41. The molecule has 8 nitrogen and oxygen atoms in total. The van der Waals surface area contributed by atoms with Crippen LogP contribution in [0.5, 0.6) is 0 Å². The van der Waals surface area contributed by atoms with Crippen LogP contribution in [0.2, 0.25) is 0 Å². The lowest BCUT2D eigenvalue weighted by molar-refractivity contribution is -0.132. The first-order valence-corrected chi connectivity index (χ1v) is 11.4. The van der Waals surface area contributed by atoms with Crippen LogP contribution in [0.15, 0.2) is 48.1 Å². The minimum absolute atomic E-state index is 0.0563. The van der Waals surface area contributed by atoms with Crippen LogP contribution in [0, 0.1) is 5.92 Å². The predicted octanol–water partition coefficient (Wildman–Crippen LogP) is 2.54. The Hall–Kier alpha value is -2.65. The van der Waals surface area contributed by atoms with E-state index in [1.165, 1.54) is 11.8 Å². The van der Waals surface area contributed by atoms with Crippen molar-refractivity contribution in [3.63, 3.8) is 0 Å². The number of aromatic nitrogens is 3. The maximum absolute atomic E-state index is 12.7. The highest BCUT2D eigenvalue weighted by atomic mass is 32.2. The summed E-state index contributed by atoms with van der Waals surface area (Å²) in [5.41, 5.74) is 0.591. The molecule has 2 aromatic rings. The minimum atomic E-state index is -0.329. The van der Waals surface area contributed by atoms with E-state index in [-0.39, 0.29) is 29.5 Å². The molecule has 2 amide bonds. The summed E-state index contributed by atoms with van der Waals surface area (Å²) in [6.45, 7) is 10.8. The first kappa shape index (κ1) is 23.0. The topological polar surface area (TPSA) is 89.3 Å². The normalized spacial score (nSPS) is 15.0. The molecule has 0 aliphatic carbocycles. The average molecular weight is 444 g/mol. The summed E-state index contributed by atoms with van der Waals surface area (Å²) in [5.74, 6) is 0.913.